The summed E-state index contributed by atoms with van der Waals surface area (Å²) in [6.45, 7) is 2.39. The van der Waals surface area contributed by atoms with Crippen molar-refractivity contribution in [2.24, 2.45) is 0 Å². The van der Waals surface area contributed by atoms with Gasteiger partial charge in [-0.15, -0.1) is 0 Å². The molecule has 16 heavy (non-hydrogen) atoms. The fourth-order valence-electron chi connectivity index (χ4n) is 1.61. The van der Waals surface area contributed by atoms with Gasteiger partial charge in [-0.3, -0.25) is 9.78 Å². The SMILES string of the molecule is CC1(C(=O)Nc2cncc(Cl)n2)CCCO1. The summed E-state index contributed by atoms with van der Waals surface area (Å²) in [5.74, 6) is 0.135. The molecule has 1 aromatic heterocycles. The largest absolute Gasteiger partial charge is 0.365 e. The molecule has 1 amide bonds. The van der Waals surface area contributed by atoms with Gasteiger partial charge in [0.25, 0.3) is 5.91 Å². The van der Waals surface area contributed by atoms with Crippen LogP contribution in [0.4, 0.5) is 5.82 Å². The van der Waals surface area contributed by atoms with Crippen molar-refractivity contribution in [2.45, 2.75) is 25.4 Å². The molecule has 1 saturated heterocycles. The van der Waals surface area contributed by atoms with E-state index in [9.17, 15) is 4.79 Å². The van der Waals surface area contributed by atoms with Crippen molar-refractivity contribution in [1.82, 2.24) is 9.97 Å². The molecule has 0 spiro atoms. The molecule has 0 saturated carbocycles. The lowest BCUT2D eigenvalue weighted by Crippen LogP contribution is -2.39. The minimum absolute atomic E-state index is 0.207. The summed E-state index contributed by atoms with van der Waals surface area (Å²) < 4.78 is 5.41. The van der Waals surface area contributed by atoms with Crippen molar-refractivity contribution < 1.29 is 9.53 Å². The Balaban J connectivity index is 2.07. The predicted octanol–water partition coefficient (Wildman–Crippen LogP) is 1.64. The maximum absolute atomic E-state index is 11.9. The number of nitrogens with one attached hydrogen (secondary N) is 1. The molecule has 86 valence electrons. The summed E-state index contributed by atoms with van der Waals surface area (Å²) in [5.41, 5.74) is -0.760. The number of halogens is 1. The summed E-state index contributed by atoms with van der Waals surface area (Å²) in [6.07, 6.45) is 4.46. The van der Waals surface area contributed by atoms with Crippen molar-refractivity contribution in [3.05, 3.63) is 17.5 Å². The molecule has 5 nitrogen and oxygen atoms in total. The van der Waals surface area contributed by atoms with Crippen LogP contribution in [0.1, 0.15) is 19.8 Å². The number of aromatic nitrogens is 2. The van der Waals surface area contributed by atoms with Crippen LogP contribution in [0.25, 0.3) is 0 Å². The van der Waals surface area contributed by atoms with Gasteiger partial charge in [0, 0.05) is 6.61 Å². The third kappa shape index (κ3) is 2.31. The Labute approximate surface area is 98.2 Å². The van der Waals surface area contributed by atoms with Crippen LogP contribution in [0.2, 0.25) is 5.15 Å². The van der Waals surface area contributed by atoms with Gasteiger partial charge in [-0.25, -0.2) is 4.98 Å². The van der Waals surface area contributed by atoms with Gasteiger partial charge in [-0.05, 0) is 19.8 Å². The van der Waals surface area contributed by atoms with Crippen molar-refractivity contribution in [2.75, 3.05) is 11.9 Å². The van der Waals surface area contributed by atoms with E-state index in [2.05, 4.69) is 15.3 Å². The molecule has 1 aliphatic rings. The van der Waals surface area contributed by atoms with E-state index in [4.69, 9.17) is 16.3 Å². The summed E-state index contributed by atoms with van der Waals surface area (Å²) in [4.78, 5) is 19.7. The Kier molecular flexibility index (Phi) is 3.07. The highest BCUT2D eigenvalue weighted by Gasteiger charge is 2.37. The predicted molar refractivity (Wildman–Crippen MR) is 59.3 cm³/mol. The van der Waals surface area contributed by atoms with E-state index < -0.39 is 5.60 Å². The van der Waals surface area contributed by atoms with Crippen LogP contribution in [0.3, 0.4) is 0 Å². The van der Waals surface area contributed by atoms with Crippen LogP contribution >= 0.6 is 11.6 Å². The molecule has 0 bridgehead atoms. The average Bonchev–Trinajstić information content (AvgIpc) is 2.66. The number of hydrogen-bond donors (Lipinski definition) is 1. The minimum atomic E-state index is -0.760. The molecular weight excluding hydrogens is 230 g/mol. The Morgan fingerprint density at radius 2 is 2.44 bits per heavy atom. The lowest BCUT2D eigenvalue weighted by Gasteiger charge is -2.21. The first-order valence-electron chi connectivity index (χ1n) is 5.03. The van der Waals surface area contributed by atoms with Gasteiger partial charge in [0.1, 0.15) is 10.8 Å². The molecule has 2 heterocycles. The lowest BCUT2D eigenvalue weighted by atomic mass is 10.0. The quantitative estimate of drug-likeness (QED) is 0.855. The molecule has 1 unspecified atom stereocenters. The first kappa shape index (κ1) is 11.3. The van der Waals surface area contributed by atoms with Crippen molar-refractivity contribution in [3.63, 3.8) is 0 Å². The van der Waals surface area contributed by atoms with Gasteiger partial charge >= 0.3 is 0 Å². The van der Waals surface area contributed by atoms with E-state index >= 15 is 0 Å². The molecule has 6 heteroatoms. The molecule has 1 fully saturated rings. The zero-order chi connectivity index (χ0) is 11.6. The van der Waals surface area contributed by atoms with Crippen LogP contribution in [-0.2, 0) is 9.53 Å². The standard InChI is InChI=1S/C10H12ClN3O2/c1-10(3-2-4-16-10)9(15)14-8-6-12-5-7(11)13-8/h5-6H,2-4H2,1H3,(H,13,14,15). The van der Waals surface area contributed by atoms with Crippen LogP contribution in [0.5, 0.6) is 0 Å². The first-order valence-corrected chi connectivity index (χ1v) is 5.41. The number of anilines is 1. The highest BCUT2D eigenvalue weighted by molar-refractivity contribution is 6.29. The second kappa shape index (κ2) is 4.35. The molecule has 0 aromatic carbocycles. The number of carbonyl (C=O) groups excluding carboxylic acids is 1. The lowest BCUT2D eigenvalue weighted by molar-refractivity contribution is -0.133. The maximum Gasteiger partial charge on any atom is 0.257 e. The van der Waals surface area contributed by atoms with Gasteiger partial charge < -0.3 is 10.1 Å². The number of nitrogens with zero attached hydrogens (tertiary/aromatic N) is 2. The molecule has 0 aliphatic carbocycles. The third-order valence-corrected chi connectivity index (χ3v) is 2.73. The third-order valence-electron chi connectivity index (χ3n) is 2.55. The van der Waals surface area contributed by atoms with E-state index in [-0.39, 0.29) is 11.1 Å². The van der Waals surface area contributed by atoms with Gasteiger partial charge in [-0.1, -0.05) is 11.6 Å². The molecule has 1 N–H and O–H groups in total. The number of rotatable bonds is 2. The smallest absolute Gasteiger partial charge is 0.257 e. The van der Waals surface area contributed by atoms with Gasteiger partial charge in [0.05, 0.1) is 12.4 Å². The zero-order valence-electron chi connectivity index (χ0n) is 8.86. The second-order valence-corrected chi connectivity index (χ2v) is 4.25. The van der Waals surface area contributed by atoms with E-state index in [1.54, 1.807) is 6.92 Å². The molecule has 0 radical (unpaired) electrons. The first-order chi connectivity index (χ1) is 7.60. The number of hydrogen-bond acceptors (Lipinski definition) is 4. The van der Waals surface area contributed by atoms with Crippen LogP contribution in [-0.4, -0.2) is 28.1 Å². The van der Waals surface area contributed by atoms with E-state index in [0.29, 0.717) is 18.8 Å². The fraction of sp³-hybridized carbons (Fsp3) is 0.500. The van der Waals surface area contributed by atoms with Crippen molar-refractivity contribution in [3.8, 4) is 0 Å². The topological polar surface area (TPSA) is 64.1 Å². The van der Waals surface area contributed by atoms with Crippen molar-refractivity contribution >= 4 is 23.3 Å². The Morgan fingerprint density at radius 1 is 1.62 bits per heavy atom. The fourth-order valence-corrected chi connectivity index (χ4v) is 1.76. The highest BCUT2D eigenvalue weighted by Crippen LogP contribution is 2.26. The monoisotopic (exact) mass is 241 g/mol. The number of carbonyl (C=O) groups is 1. The Morgan fingerprint density at radius 3 is 3.06 bits per heavy atom. The number of amides is 1. The highest BCUT2D eigenvalue weighted by atomic mass is 35.5. The Bertz CT molecular complexity index is 405. The van der Waals surface area contributed by atoms with Crippen molar-refractivity contribution in [1.29, 1.82) is 0 Å². The van der Waals surface area contributed by atoms with Gasteiger partial charge in [0.2, 0.25) is 0 Å². The van der Waals surface area contributed by atoms with Gasteiger partial charge in [-0.2, -0.15) is 0 Å². The van der Waals surface area contributed by atoms with E-state index in [1.807, 2.05) is 0 Å². The molecule has 1 atom stereocenters. The minimum Gasteiger partial charge on any atom is -0.365 e. The molecule has 1 aliphatic heterocycles. The van der Waals surface area contributed by atoms with E-state index in [1.165, 1.54) is 12.4 Å². The molecular formula is C10H12ClN3O2. The van der Waals surface area contributed by atoms with Crippen LogP contribution in [0, 0.1) is 0 Å². The van der Waals surface area contributed by atoms with Crippen LogP contribution < -0.4 is 5.32 Å². The Hall–Kier alpha value is -1.20. The summed E-state index contributed by atoms with van der Waals surface area (Å²) in [7, 11) is 0. The maximum atomic E-state index is 11.9. The molecule has 1 aromatic rings. The average molecular weight is 242 g/mol. The second-order valence-electron chi connectivity index (χ2n) is 3.86. The van der Waals surface area contributed by atoms with Gasteiger partial charge in [0.15, 0.2) is 5.82 Å². The van der Waals surface area contributed by atoms with E-state index in [0.717, 1.165) is 6.42 Å². The normalized spacial score (nSPS) is 24.4. The van der Waals surface area contributed by atoms with Crippen LogP contribution in [0.15, 0.2) is 12.4 Å². The zero-order valence-corrected chi connectivity index (χ0v) is 9.62. The molecule has 2 rings (SSSR count). The number of ether oxygens (including phenoxy) is 1. The summed E-state index contributed by atoms with van der Waals surface area (Å²) >= 11 is 5.67. The summed E-state index contributed by atoms with van der Waals surface area (Å²) in [6, 6.07) is 0. The summed E-state index contributed by atoms with van der Waals surface area (Å²) in [5, 5.41) is 2.89.